The maximum absolute atomic E-state index is 11.7. The topological polar surface area (TPSA) is 26.3 Å². The first-order valence-electron chi connectivity index (χ1n) is 5.53. The van der Waals surface area contributed by atoms with Crippen LogP contribution in [0.5, 0.6) is 0 Å². The number of methoxy groups -OCH3 is 1. The highest BCUT2D eigenvalue weighted by Crippen LogP contribution is 2.18. The Bertz CT molecular complexity index is 319. The van der Waals surface area contributed by atoms with E-state index < -0.39 is 0 Å². The summed E-state index contributed by atoms with van der Waals surface area (Å²) in [6.45, 7) is 2.77. The largest absolute Gasteiger partial charge is 0.385 e. The second kappa shape index (κ2) is 7.47. The number of hydrogen-bond donors (Lipinski definition) is 0. The van der Waals surface area contributed by atoms with E-state index in [9.17, 15) is 4.79 Å². The van der Waals surface area contributed by atoms with Crippen LogP contribution in [-0.4, -0.2) is 25.3 Å². The Kier molecular flexibility index (Phi) is 6.19. The van der Waals surface area contributed by atoms with Crippen LogP contribution in [0.2, 0.25) is 0 Å². The van der Waals surface area contributed by atoms with Gasteiger partial charge in [0.2, 0.25) is 0 Å². The van der Waals surface area contributed by atoms with Crippen LogP contribution in [0, 0.1) is 0 Å². The zero-order chi connectivity index (χ0) is 11.8. The quantitative estimate of drug-likeness (QED) is 0.414. The molecule has 0 aliphatic carbocycles. The fourth-order valence-corrected chi connectivity index (χ4v) is 2.09. The van der Waals surface area contributed by atoms with E-state index in [4.69, 9.17) is 4.74 Å². The van der Waals surface area contributed by atoms with Crippen molar-refractivity contribution in [3.05, 3.63) is 29.8 Å². The molecule has 2 nitrogen and oxygen atoms in total. The van der Waals surface area contributed by atoms with E-state index in [0.717, 1.165) is 17.7 Å². The van der Waals surface area contributed by atoms with Gasteiger partial charge in [-0.1, -0.05) is 19.1 Å². The SMILES string of the molecule is CCSc1ccc(C(=O)CCCOC)cc1. The number of benzene rings is 1. The predicted octanol–water partition coefficient (Wildman–Crippen LogP) is 3.41. The molecule has 0 bridgehead atoms. The maximum atomic E-state index is 11.7. The molecule has 16 heavy (non-hydrogen) atoms. The van der Waals surface area contributed by atoms with Gasteiger partial charge in [0, 0.05) is 30.6 Å². The van der Waals surface area contributed by atoms with Crippen LogP contribution in [0.1, 0.15) is 30.1 Å². The number of Topliss-reactive ketones (excluding diaryl/α,β-unsaturated/α-hetero) is 1. The molecular formula is C13H18O2S. The smallest absolute Gasteiger partial charge is 0.162 e. The molecule has 0 fully saturated rings. The van der Waals surface area contributed by atoms with Crippen molar-refractivity contribution >= 4 is 17.5 Å². The Morgan fingerprint density at radius 2 is 2.00 bits per heavy atom. The molecule has 0 saturated heterocycles. The van der Waals surface area contributed by atoms with Crippen molar-refractivity contribution < 1.29 is 9.53 Å². The van der Waals surface area contributed by atoms with Crippen LogP contribution in [0.3, 0.4) is 0 Å². The lowest BCUT2D eigenvalue weighted by molar-refractivity contribution is 0.0963. The molecule has 0 aromatic heterocycles. The van der Waals surface area contributed by atoms with Crippen molar-refractivity contribution in [3.8, 4) is 0 Å². The molecule has 0 spiro atoms. The molecule has 0 saturated carbocycles. The van der Waals surface area contributed by atoms with E-state index in [1.54, 1.807) is 18.9 Å². The second-order valence-electron chi connectivity index (χ2n) is 3.48. The zero-order valence-corrected chi connectivity index (χ0v) is 10.7. The first-order chi connectivity index (χ1) is 7.77. The lowest BCUT2D eigenvalue weighted by atomic mass is 10.1. The monoisotopic (exact) mass is 238 g/mol. The van der Waals surface area contributed by atoms with E-state index in [-0.39, 0.29) is 5.78 Å². The first kappa shape index (κ1) is 13.3. The molecule has 0 atom stereocenters. The fraction of sp³-hybridized carbons (Fsp3) is 0.462. The number of carbonyl (C=O) groups excluding carboxylic acids is 1. The third kappa shape index (κ3) is 4.37. The minimum atomic E-state index is 0.199. The number of thioether (sulfide) groups is 1. The number of ether oxygens (including phenoxy) is 1. The van der Waals surface area contributed by atoms with Crippen molar-refractivity contribution in [1.29, 1.82) is 0 Å². The fourth-order valence-electron chi connectivity index (χ4n) is 1.43. The van der Waals surface area contributed by atoms with Crippen molar-refractivity contribution in [2.24, 2.45) is 0 Å². The van der Waals surface area contributed by atoms with Gasteiger partial charge in [0.1, 0.15) is 0 Å². The summed E-state index contributed by atoms with van der Waals surface area (Å²) in [7, 11) is 1.65. The summed E-state index contributed by atoms with van der Waals surface area (Å²) in [6, 6.07) is 7.84. The van der Waals surface area contributed by atoms with Gasteiger partial charge < -0.3 is 4.74 Å². The maximum Gasteiger partial charge on any atom is 0.162 e. The third-order valence-electron chi connectivity index (χ3n) is 2.24. The summed E-state index contributed by atoms with van der Waals surface area (Å²) < 4.78 is 4.92. The lowest BCUT2D eigenvalue weighted by Gasteiger charge is -2.02. The minimum absolute atomic E-state index is 0.199. The predicted molar refractivity (Wildman–Crippen MR) is 68.3 cm³/mol. The summed E-state index contributed by atoms with van der Waals surface area (Å²) in [5, 5.41) is 0. The normalized spacial score (nSPS) is 10.4. The van der Waals surface area contributed by atoms with Gasteiger partial charge in [0.25, 0.3) is 0 Å². The molecule has 0 amide bonds. The van der Waals surface area contributed by atoms with Crippen molar-refractivity contribution in [3.63, 3.8) is 0 Å². The van der Waals surface area contributed by atoms with Crippen LogP contribution >= 0.6 is 11.8 Å². The van der Waals surface area contributed by atoms with Gasteiger partial charge in [0.15, 0.2) is 5.78 Å². The second-order valence-corrected chi connectivity index (χ2v) is 4.81. The van der Waals surface area contributed by atoms with Crippen LogP contribution in [0.4, 0.5) is 0 Å². The van der Waals surface area contributed by atoms with Gasteiger partial charge in [-0.15, -0.1) is 11.8 Å². The molecule has 0 unspecified atom stereocenters. The number of carbonyl (C=O) groups is 1. The molecule has 0 radical (unpaired) electrons. The Hall–Kier alpha value is -0.800. The van der Waals surface area contributed by atoms with Crippen LogP contribution in [0.25, 0.3) is 0 Å². The molecule has 1 aromatic carbocycles. The third-order valence-corrected chi connectivity index (χ3v) is 3.13. The van der Waals surface area contributed by atoms with Crippen molar-refractivity contribution in [1.82, 2.24) is 0 Å². The van der Waals surface area contributed by atoms with E-state index in [2.05, 4.69) is 6.92 Å². The highest BCUT2D eigenvalue weighted by atomic mass is 32.2. The van der Waals surface area contributed by atoms with Gasteiger partial charge in [-0.2, -0.15) is 0 Å². The van der Waals surface area contributed by atoms with Gasteiger partial charge in [0.05, 0.1) is 0 Å². The molecule has 3 heteroatoms. The summed E-state index contributed by atoms with van der Waals surface area (Å²) in [5.41, 5.74) is 0.802. The summed E-state index contributed by atoms with van der Waals surface area (Å²) in [5.74, 6) is 1.26. The Morgan fingerprint density at radius 1 is 1.31 bits per heavy atom. The summed E-state index contributed by atoms with van der Waals surface area (Å²) in [6.07, 6.45) is 1.36. The molecule has 0 aliphatic heterocycles. The van der Waals surface area contributed by atoms with E-state index in [0.29, 0.717) is 13.0 Å². The standard InChI is InChI=1S/C13H18O2S/c1-3-16-12-8-6-11(7-9-12)13(14)5-4-10-15-2/h6-9H,3-5,10H2,1-2H3. The molecule has 0 heterocycles. The van der Waals surface area contributed by atoms with Crippen LogP contribution in [-0.2, 0) is 4.74 Å². The lowest BCUT2D eigenvalue weighted by Crippen LogP contribution is -2.01. The highest BCUT2D eigenvalue weighted by molar-refractivity contribution is 7.99. The van der Waals surface area contributed by atoms with Gasteiger partial charge in [-0.25, -0.2) is 0 Å². The molecule has 0 N–H and O–H groups in total. The zero-order valence-electron chi connectivity index (χ0n) is 9.86. The van der Waals surface area contributed by atoms with Crippen molar-refractivity contribution in [2.75, 3.05) is 19.5 Å². The van der Waals surface area contributed by atoms with Gasteiger partial charge in [-0.3, -0.25) is 4.79 Å². The van der Waals surface area contributed by atoms with Crippen LogP contribution < -0.4 is 0 Å². The number of rotatable bonds is 7. The average molecular weight is 238 g/mol. The Labute approximate surface area is 101 Å². The molecule has 0 aliphatic rings. The first-order valence-corrected chi connectivity index (χ1v) is 6.51. The van der Waals surface area contributed by atoms with E-state index in [1.807, 2.05) is 24.3 Å². The summed E-state index contributed by atoms with van der Waals surface area (Å²) in [4.78, 5) is 12.9. The molecule has 88 valence electrons. The van der Waals surface area contributed by atoms with Crippen molar-refractivity contribution in [2.45, 2.75) is 24.7 Å². The molecular weight excluding hydrogens is 220 g/mol. The minimum Gasteiger partial charge on any atom is -0.385 e. The Morgan fingerprint density at radius 3 is 2.56 bits per heavy atom. The van der Waals surface area contributed by atoms with Gasteiger partial charge >= 0.3 is 0 Å². The molecule has 1 rings (SSSR count). The number of ketones is 1. The van der Waals surface area contributed by atoms with Gasteiger partial charge in [-0.05, 0) is 24.3 Å². The van der Waals surface area contributed by atoms with E-state index in [1.165, 1.54) is 4.90 Å². The molecule has 1 aromatic rings. The summed E-state index contributed by atoms with van der Waals surface area (Å²) >= 11 is 1.79. The van der Waals surface area contributed by atoms with Crippen LogP contribution in [0.15, 0.2) is 29.2 Å². The average Bonchev–Trinajstić information content (AvgIpc) is 2.30. The number of hydrogen-bond acceptors (Lipinski definition) is 3. The van der Waals surface area contributed by atoms with E-state index >= 15 is 0 Å². The Balaban J connectivity index is 2.49. The highest BCUT2D eigenvalue weighted by Gasteiger charge is 2.05.